The fraction of sp³-hybridized carbons (Fsp3) is 0.294. The van der Waals surface area contributed by atoms with E-state index in [-0.39, 0.29) is 23.0 Å². The van der Waals surface area contributed by atoms with Gasteiger partial charge in [-0.3, -0.25) is 14.6 Å². The largest absolute Gasteiger partial charge is 0.475 e. The normalized spacial score (nSPS) is 19.8. The SMILES string of the molecule is O=C(O)C(=O)c1cc(C(=O)Nc2ccnc(C(F)F)c2)n2c1C[C@H]1C[C@H]12. The number of amides is 1. The first kappa shape index (κ1) is 16.4. The van der Waals surface area contributed by atoms with Crippen molar-refractivity contribution in [3.63, 3.8) is 0 Å². The smallest absolute Gasteiger partial charge is 0.377 e. The van der Waals surface area contributed by atoms with E-state index < -0.39 is 29.8 Å². The van der Waals surface area contributed by atoms with Crippen LogP contribution in [0.4, 0.5) is 14.5 Å². The molecule has 2 aromatic heterocycles. The van der Waals surface area contributed by atoms with Gasteiger partial charge < -0.3 is 15.0 Å². The van der Waals surface area contributed by atoms with Crippen LogP contribution in [0, 0.1) is 5.92 Å². The first-order valence-electron chi connectivity index (χ1n) is 7.94. The highest BCUT2D eigenvalue weighted by atomic mass is 19.3. The summed E-state index contributed by atoms with van der Waals surface area (Å²) in [5, 5.41) is 11.5. The van der Waals surface area contributed by atoms with E-state index in [2.05, 4.69) is 10.3 Å². The molecule has 0 spiro atoms. The first-order chi connectivity index (χ1) is 12.4. The lowest BCUT2D eigenvalue weighted by Gasteiger charge is -2.10. The quantitative estimate of drug-likeness (QED) is 0.629. The highest BCUT2D eigenvalue weighted by Crippen LogP contribution is 2.53. The number of carbonyl (C=O) groups is 3. The third kappa shape index (κ3) is 2.56. The van der Waals surface area contributed by atoms with Crippen molar-refractivity contribution in [3.05, 3.63) is 47.0 Å². The molecule has 1 amide bonds. The van der Waals surface area contributed by atoms with Gasteiger partial charge in [-0.25, -0.2) is 13.6 Å². The Morgan fingerprint density at radius 1 is 1.31 bits per heavy atom. The molecule has 1 saturated carbocycles. The number of nitrogens with one attached hydrogen (secondary N) is 1. The molecule has 7 nitrogen and oxygen atoms in total. The maximum absolute atomic E-state index is 12.7. The molecule has 0 aromatic carbocycles. The molecule has 134 valence electrons. The van der Waals surface area contributed by atoms with Gasteiger partial charge in [-0.15, -0.1) is 0 Å². The van der Waals surface area contributed by atoms with Crippen LogP contribution in [0.25, 0.3) is 0 Å². The van der Waals surface area contributed by atoms with Crippen LogP contribution >= 0.6 is 0 Å². The number of carboxylic acid groups (broad SMARTS) is 1. The number of halogens is 2. The summed E-state index contributed by atoms with van der Waals surface area (Å²) in [5.41, 5.74) is 0.397. The number of aliphatic carboxylic acids is 1. The lowest BCUT2D eigenvalue weighted by atomic mass is 10.1. The molecule has 2 atom stereocenters. The van der Waals surface area contributed by atoms with Crippen molar-refractivity contribution in [2.45, 2.75) is 25.3 Å². The van der Waals surface area contributed by atoms with E-state index in [9.17, 15) is 23.2 Å². The average Bonchev–Trinajstić information content (AvgIpc) is 3.10. The Morgan fingerprint density at radius 3 is 2.77 bits per heavy atom. The topological polar surface area (TPSA) is 101 Å². The number of pyridine rings is 1. The Bertz CT molecular complexity index is 953. The van der Waals surface area contributed by atoms with Gasteiger partial charge in [0.25, 0.3) is 18.1 Å². The van der Waals surface area contributed by atoms with Gasteiger partial charge >= 0.3 is 5.97 Å². The van der Waals surface area contributed by atoms with E-state index >= 15 is 0 Å². The number of carboxylic acids is 1. The number of hydrogen-bond acceptors (Lipinski definition) is 4. The van der Waals surface area contributed by atoms with Crippen molar-refractivity contribution in [1.82, 2.24) is 9.55 Å². The van der Waals surface area contributed by atoms with E-state index in [1.807, 2.05) is 0 Å². The van der Waals surface area contributed by atoms with E-state index in [4.69, 9.17) is 5.11 Å². The average molecular weight is 361 g/mol. The molecule has 2 N–H and O–H groups in total. The standard InChI is InChI=1S/C17H13F2N3O4/c18-15(19)10-5-8(1-2-20-10)21-16(24)13-6-9(14(23)17(25)26)12-4-7-3-11(7)22(12)13/h1-2,5-7,11,15H,3-4H2,(H,25,26)(H,20,21,24)/t7-,11-/m1/s1. The van der Waals surface area contributed by atoms with Crippen LogP contribution in [0.2, 0.25) is 0 Å². The summed E-state index contributed by atoms with van der Waals surface area (Å²) in [4.78, 5) is 39.1. The van der Waals surface area contributed by atoms with Crippen LogP contribution < -0.4 is 5.32 Å². The highest BCUT2D eigenvalue weighted by Gasteiger charge is 2.49. The fourth-order valence-electron chi connectivity index (χ4n) is 3.49. The minimum Gasteiger partial charge on any atom is -0.475 e. The van der Waals surface area contributed by atoms with Crippen molar-refractivity contribution in [1.29, 1.82) is 0 Å². The molecule has 4 rings (SSSR count). The van der Waals surface area contributed by atoms with Crippen molar-refractivity contribution < 1.29 is 28.3 Å². The molecule has 1 aliphatic carbocycles. The van der Waals surface area contributed by atoms with Gasteiger partial charge in [-0.1, -0.05) is 0 Å². The number of ketones is 1. The predicted octanol–water partition coefficient (Wildman–Crippen LogP) is 2.46. The molecule has 1 aliphatic heterocycles. The number of aromatic nitrogens is 2. The lowest BCUT2D eigenvalue weighted by molar-refractivity contribution is -0.131. The second kappa shape index (κ2) is 5.72. The van der Waals surface area contributed by atoms with Gasteiger partial charge in [0.2, 0.25) is 0 Å². The van der Waals surface area contributed by atoms with Crippen molar-refractivity contribution in [2.75, 3.05) is 5.32 Å². The molecule has 2 aromatic rings. The van der Waals surface area contributed by atoms with Crippen LogP contribution in [0.15, 0.2) is 24.4 Å². The second-order valence-corrected chi connectivity index (χ2v) is 6.39. The zero-order chi connectivity index (χ0) is 18.6. The van der Waals surface area contributed by atoms with Gasteiger partial charge in [0, 0.05) is 23.6 Å². The summed E-state index contributed by atoms with van der Waals surface area (Å²) in [7, 11) is 0. The van der Waals surface area contributed by atoms with Crippen LogP contribution in [-0.2, 0) is 11.2 Å². The molecule has 0 bridgehead atoms. The summed E-state index contributed by atoms with van der Waals surface area (Å²) in [5.74, 6) is -2.92. The Balaban J connectivity index is 1.67. The Hall–Kier alpha value is -3.10. The van der Waals surface area contributed by atoms with E-state index in [0.717, 1.165) is 18.7 Å². The lowest BCUT2D eigenvalue weighted by Crippen LogP contribution is -2.17. The molecule has 3 heterocycles. The molecular formula is C17H13F2N3O4. The van der Waals surface area contributed by atoms with Gasteiger partial charge in [0.15, 0.2) is 0 Å². The molecular weight excluding hydrogens is 348 g/mol. The first-order valence-corrected chi connectivity index (χ1v) is 7.94. The van der Waals surface area contributed by atoms with E-state index in [1.54, 1.807) is 4.57 Å². The molecule has 0 saturated heterocycles. The number of rotatable bonds is 5. The zero-order valence-corrected chi connectivity index (χ0v) is 13.3. The van der Waals surface area contributed by atoms with Crippen molar-refractivity contribution in [2.24, 2.45) is 5.92 Å². The Kier molecular flexibility index (Phi) is 3.60. The molecule has 0 unspecified atom stereocenters. The van der Waals surface area contributed by atoms with Crippen LogP contribution in [0.3, 0.4) is 0 Å². The molecule has 9 heteroatoms. The number of Topliss-reactive ketones (excluding diaryl/α,β-unsaturated/α-hetero) is 1. The van der Waals surface area contributed by atoms with Crippen LogP contribution in [-0.4, -0.2) is 32.3 Å². The second-order valence-electron chi connectivity index (χ2n) is 6.39. The summed E-state index contributed by atoms with van der Waals surface area (Å²) in [6.07, 6.45) is -0.183. The summed E-state index contributed by atoms with van der Waals surface area (Å²) < 4.78 is 27.2. The number of anilines is 1. The van der Waals surface area contributed by atoms with E-state index in [0.29, 0.717) is 18.0 Å². The van der Waals surface area contributed by atoms with Crippen LogP contribution in [0.1, 0.15) is 51.1 Å². The third-order valence-electron chi connectivity index (χ3n) is 4.75. The predicted molar refractivity (Wildman–Crippen MR) is 84.4 cm³/mol. The minimum atomic E-state index is -2.77. The molecule has 1 fully saturated rings. The molecule has 26 heavy (non-hydrogen) atoms. The Labute approximate surface area is 145 Å². The number of alkyl halides is 2. The Morgan fingerprint density at radius 2 is 2.08 bits per heavy atom. The maximum Gasteiger partial charge on any atom is 0.377 e. The van der Waals surface area contributed by atoms with Crippen molar-refractivity contribution in [3.8, 4) is 0 Å². The van der Waals surface area contributed by atoms with E-state index in [1.165, 1.54) is 12.1 Å². The minimum absolute atomic E-state index is 0.0119. The third-order valence-corrected chi connectivity index (χ3v) is 4.75. The molecule has 0 radical (unpaired) electrons. The number of hydrogen-bond donors (Lipinski definition) is 2. The van der Waals surface area contributed by atoms with Gasteiger partial charge in [0.05, 0.1) is 5.56 Å². The van der Waals surface area contributed by atoms with Gasteiger partial charge in [-0.05, 0) is 37.0 Å². The summed E-state index contributed by atoms with van der Waals surface area (Å²) >= 11 is 0. The van der Waals surface area contributed by atoms with Gasteiger partial charge in [0.1, 0.15) is 11.4 Å². The fourth-order valence-corrected chi connectivity index (χ4v) is 3.49. The summed E-state index contributed by atoms with van der Waals surface area (Å²) in [6, 6.07) is 3.79. The monoisotopic (exact) mass is 361 g/mol. The number of nitrogens with zero attached hydrogens (tertiary/aromatic N) is 2. The highest BCUT2D eigenvalue weighted by molar-refractivity contribution is 6.40. The summed E-state index contributed by atoms with van der Waals surface area (Å²) in [6.45, 7) is 0. The number of fused-ring (bicyclic) bond motifs is 3. The van der Waals surface area contributed by atoms with Crippen LogP contribution in [0.5, 0.6) is 0 Å². The maximum atomic E-state index is 12.7. The van der Waals surface area contributed by atoms with Crippen molar-refractivity contribution >= 4 is 23.3 Å². The molecule has 2 aliphatic rings. The van der Waals surface area contributed by atoms with Gasteiger partial charge in [-0.2, -0.15) is 0 Å². The zero-order valence-electron chi connectivity index (χ0n) is 13.3. The number of carbonyl (C=O) groups excluding carboxylic acids is 2.